The van der Waals surface area contributed by atoms with Gasteiger partial charge in [-0.2, -0.15) is 0 Å². The van der Waals surface area contributed by atoms with Gasteiger partial charge in [-0.1, -0.05) is 80.6 Å². The maximum Gasteiger partial charge on any atom is 0.350 e. The van der Waals surface area contributed by atoms with E-state index in [-0.39, 0.29) is 34.3 Å². The zero-order valence-corrected chi connectivity index (χ0v) is 42.8. The first-order valence-electron chi connectivity index (χ1n) is 24.8. The molecule has 2 bridgehead atoms. The Morgan fingerprint density at radius 2 is 1.40 bits per heavy atom. The van der Waals surface area contributed by atoms with Crippen molar-refractivity contribution in [3.8, 4) is 0 Å². The number of esters is 4. The van der Waals surface area contributed by atoms with E-state index >= 15 is 9.59 Å². The largest absolute Gasteiger partial charge is 0.455 e. The van der Waals surface area contributed by atoms with E-state index < -0.39 is 167 Å². The molecule has 22 heteroatoms. The zero-order valence-electron chi connectivity index (χ0n) is 42.8. The molecule has 1 aliphatic heterocycles. The summed E-state index contributed by atoms with van der Waals surface area (Å²) in [4.78, 5) is 111. The molecule has 1 heterocycles. The molecule has 4 aromatic rings. The Bertz CT molecular complexity index is 3070. The van der Waals surface area contributed by atoms with Crippen molar-refractivity contribution >= 4 is 47.4 Å². The number of Topliss-reactive ketones (excluding diaryl/α,β-unsaturated/α-hetero) is 1. The Hall–Kier alpha value is -7.79. The predicted molar refractivity (Wildman–Crippen MR) is 264 cm³/mol. The van der Waals surface area contributed by atoms with Crippen molar-refractivity contribution in [2.24, 2.45) is 16.7 Å². The van der Waals surface area contributed by atoms with E-state index in [1.807, 2.05) is 5.32 Å². The molecular formula is C56H56F3N3O16. The van der Waals surface area contributed by atoms with E-state index in [0.717, 1.165) is 6.92 Å². The Labute approximate surface area is 444 Å². The highest BCUT2D eigenvalue weighted by atomic mass is 19.2. The van der Waals surface area contributed by atoms with Crippen molar-refractivity contribution in [1.29, 1.82) is 0 Å². The number of aliphatic hydroxyl groups excluding tert-OH is 2. The van der Waals surface area contributed by atoms with Crippen LogP contribution in [0.25, 0.3) is 0 Å². The summed E-state index contributed by atoms with van der Waals surface area (Å²) < 4.78 is 71.9. The van der Waals surface area contributed by atoms with E-state index in [1.165, 1.54) is 64.1 Å². The lowest BCUT2D eigenvalue weighted by atomic mass is 9.44. The normalized spacial score (nSPS) is 27.6. The molecule has 1 saturated heterocycles. The second-order valence-electron chi connectivity index (χ2n) is 20.4. The minimum absolute atomic E-state index is 0.00568. The van der Waals surface area contributed by atoms with Crippen LogP contribution in [0.2, 0.25) is 0 Å². The van der Waals surface area contributed by atoms with E-state index in [2.05, 4.69) is 10.6 Å². The molecule has 11 atom stereocenters. The summed E-state index contributed by atoms with van der Waals surface area (Å²) in [6.07, 6.45) is -11.7. The molecule has 3 fully saturated rings. The third kappa shape index (κ3) is 10.2. The number of hydrogen-bond acceptors (Lipinski definition) is 16. The number of amides is 3. The van der Waals surface area contributed by atoms with Gasteiger partial charge in [0.05, 0.1) is 41.7 Å². The Kier molecular flexibility index (Phi) is 15.9. The number of rotatable bonds is 15. The van der Waals surface area contributed by atoms with Gasteiger partial charge in [-0.3, -0.25) is 28.8 Å². The lowest BCUT2D eigenvalue weighted by Crippen LogP contribution is -2.81. The SMILES string of the molecule is CC(=O)O[C@@]12CO[C@@H]1C[C@H](O)[C@@]1(C)C(=O)[C@H](O)C3=C(C)[C@@H](OC(=O)[C@H](OC(=O)CNC(=O)CNC(=O)c4ccc(F)c(F)c4F)[C@@H](NC(=O)c4ccccc4)c4ccccc4)C[C@@](O)([C@@H](OC(=O)c4ccccc4)C12)C3(C)C. The summed E-state index contributed by atoms with van der Waals surface area (Å²) in [5.74, 6) is -15.7. The minimum atomic E-state index is -2.54. The summed E-state index contributed by atoms with van der Waals surface area (Å²) in [7, 11) is 0. The summed E-state index contributed by atoms with van der Waals surface area (Å²) in [5.41, 5.74) is -9.20. The van der Waals surface area contributed by atoms with Gasteiger partial charge >= 0.3 is 23.9 Å². The molecule has 3 aliphatic carbocycles. The van der Waals surface area contributed by atoms with E-state index in [1.54, 1.807) is 54.6 Å². The van der Waals surface area contributed by atoms with Gasteiger partial charge in [-0.25, -0.2) is 22.8 Å². The molecule has 6 N–H and O–H groups in total. The highest BCUT2D eigenvalue weighted by molar-refractivity contribution is 5.98. The van der Waals surface area contributed by atoms with Crippen molar-refractivity contribution in [3.05, 3.63) is 154 Å². The molecule has 78 heavy (non-hydrogen) atoms. The lowest BCUT2D eigenvalue weighted by Gasteiger charge is -2.67. The van der Waals surface area contributed by atoms with E-state index in [0.29, 0.717) is 12.1 Å². The van der Waals surface area contributed by atoms with Crippen LogP contribution in [-0.2, 0) is 47.7 Å². The van der Waals surface area contributed by atoms with Gasteiger partial charge in [-0.05, 0) is 67.0 Å². The first-order chi connectivity index (χ1) is 36.9. The van der Waals surface area contributed by atoms with Gasteiger partial charge in [0.2, 0.25) is 12.0 Å². The third-order valence-electron chi connectivity index (χ3n) is 15.6. The lowest BCUT2D eigenvalue weighted by molar-refractivity contribution is -0.346. The molecule has 19 nitrogen and oxygen atoms in total. The summed E-state index contributed by atoms with van der Waals surface area (Å²) in [6.45, 7) is 4.44. The molecule has 0 spiro atoms. The molecule has 0 aromatic heterocycles. The first-order valence-corrected chi connectivity index (χ1v) is 24.8. The van der Waals surface area contributed by atoms with Crippen molar-refractivity contribution in [3.63, 3.8) is 0 Å². The Morgan fingerprint density at radius 3 is 2.00 bits per heavy atom. The zero-order chi connectivity index (χ0) is 56.6. The fourth-order valence-electron chi connectivity index (χ4n) is 11.4. The van der Waals surface area contributed by atoms with E-state index in [9.17, 15) is 57.3 Å². The second-order valence-corrected chi connectivity index (χ2v) is 20.4. The minimum Gasteiger partial charge on any atom is -0.455 e. The molecular weight excluding hydrogens is 1030 g/mol. The van der Waals surface area contributed by atoms with Crippen LogP contribution in [0.1, 0.15) is 90.1 Å². The number of benzene rings is 4. The summed E-state index contributed by atoms with van der Waals surface area (Å²) >= 11 is 0. The summed E-state index contributed by atoms with van der Waals surface area (Å²) in [5, 5.41) is 45.1. The second kappa shape index (κ2) is 21.9. The quantitative estimate of drug-likeness (QED) is 0.0429. The van der Waals surface area contributed by atoms with Crippen LogP contribution in [0.3, 0.4) is 0 Å². The highest BCUT2D eigenvalue weighted by Crippen LogP contribution is 2.64. The van der Waals surface area contributed by atoms with Gasteiger partial charge in [0.25, 0.3) is 11.8 Å². The van der Waals surface area contributed by atoms with E-state index in [4.69, 9.17) is 23.7 Å². The van der Waals surface area contributed by atoms with Crippen LogP contribution < -0.4 is 16.0 Å². The maximum absolute atomic E-state index is 15.3. The molecule has 8 rings (SSSR count). The van der Waals surface area contributed by atoms with Crippen molar-refractivity contribution < 1.29 is 90.5 Å². The highest BCUT2D eigenvalue weighted by Gasteiger charge is 2.78. The molecule has 4 aliphatic rings. The van der Waals surface area contributed by atoms with Gasteiger partial charge in [0.15, 0.2) is 28.8 Å². The first kappa shape index (κ1) is 56.4. The van der Waals surface area contributed by atoms with Crippen LogP contribution >= 0.6 is 0 Å². The number of aliphatic hydroxyl groups is 3. The molecule has 1 unspecified atom stereocenters. The van der Waals surface area contributed by atoms with Gasteiger partial charge < -0.3 is 55.0 Å². The number of nitrogens with one attached hydrogen (secondary N) is 3. The topological polar surface area (TPSA) is 279 Å². The van der Waals surface area contributed by atoms with Gasteiger partial charge in [-0.15, -0.1) is 0 Å². The van der Waals surface area contributed by atoms with Gasteiger partial charge in [0.1, 0.15) is 42.6 Å². The molecule has 4 aromatic carbocycles. The molecule has 0 radical (unpaired) electrons. The number of halogens is 3. The third-order valence-corrected chi connectivity index (χ3v) is 15.6. The van der Waals surface area contributed by atoms with Gasteiger partial charge in [0, 0.05) is 30.7 Å². The van der Waals surface area contributed by atoms with Crippen LogP contribution in [0.5, 0.6) is 0 Å². The number of carbonyl (C=O) groups is 8. The Morgan fingerprint density at radius 1 is 0.782 bits per heavy atom. The average molecular weight is 1080 g/mol. The number of ketones is 1. The monoisotopic (exact) mass is 1080 g/mol. The van der Waals surface area contributed by atoms with Crippen LogP contribution in [0.15, 0.2) is 114 Å². The molecule has 3 amide bonds. The van der Waals surface area contributed by atoms with Crippen molar-refractivity contribution in [2.45, 2.75) is 101 Å². The standard InChI is InChI=1S/C56H56F3N3O16/c1-28-35(24-56(73)48(77-51(71)32-19-13-8-14-20-32)46-54(5,47(68)44(67)40(28)53(56,3)4)36(64)23-37-55(46,27-74-37)78-29(2)63)75-52(72)45(43(30-15-9-6-10-16-30)62-49(69)31-17-11-7-12-18-31)76-39(66)26-60-38(65)25-61-50(70)33-21-22-34(57)42(59)41(33)58/h6-22,35-37,43-46,48,64,67,73H,23-27H2,1-5H3,(H,60,65)(H,61,70)(H,62,69)/t35-,36-,37+,43-,44+,45+,46?,48-,54+,55-,56+/m0/s1. The average Bonchev–Trinajstić information content (AvgIpc) is 3.44. The van der Waals surface area contributed by atoms with Crippen LogP contribution in [0.4, 0.5) is 13.2 Å². The predicted octanol–water partition coefficient (Wildman–Crippen LogP) is 3.68. The van der Waals surface area contributed by atoms with Crippen LogP contribution in [0, 0.1) is 34.2 Å². The smallest absolute Gasteiger partial charge is 0.350 e. The molecule has 2 saturated carbocycles. The fourth-order valence-corrected chi connectivity index (χ4v) is 11.4. The van der Waals surface area contributed by atoms with Crippen molar-refractivity contribution in [1.82, 2.24) is 16.0 Å². The maximum atomic E-state index is 15.3. The van der Waals surface area contributed by atoms with Crippen LogP contribution in [-0.4, -0.2) is 130 Å². The Balaban J connectivity index is 1.18. The summed E-state index contributed by atoms with van der Waals surface area (Å²) in [6, 6.07) is 22.5. The van der Waals surface area contributed by atoms with Crippen molar-refractivity contribution in [2.75, 3.05) is 19.7 Å². The number of fused-ring (bicyclic) bond motifs is 5. The fraction of sp³-hybridized carbons (Fsp3) is 0.393. The molecule has 412 valence electrons. The number of hydrogen-bond donors (Lipinski definition) is 6. The number of ether oxygens (including phenoxy) is 5. The number of carbonyl (C=O) groups excluding carboxylic acids is 8.